The van der Waals surface area contributed by atoms with Crippen LogP contribution < -0.4 is 0 Å². The first-order valence-electron chi connectivity index (χ1n) is 5.99. The van der Waals surface area contributed by atoms with Crippen LogP contribution in [0.4, 0.5) is 0 Å². The molecule has 10 heteroatoms. The van der Waals surface area contributed by atoms with Crippen LogP contribution >= 0.6 is 23.5 Å². The molecule has 8 nitrogen and oxygen atoms in total. The van der Waals surface area contributed by atoms with E-state index in [-0.39, 0.29) is 0 Å². The summed E-state index contributed by atoms with van der Waals surface area (Å²) in [7, 11) is 5.40. The molecule has 1 heterocycles. The van der Waals surface area contributed by atoms with Gasteiger partial charge in [-0.05, 0) is 25.9 Å². The number of ether oxygens (including phenoxy) is 1. The smallest absolute Gasteiger partial charge is 0.420 e. The molecule has 1 unspecified atom stereocenters. The van der Waals surface area contributed by atoms with Gasteiger partial charge in [-0.15, -0.1) is 10.2 Å². The molecule has 0 fully saturated rings. The second-order valence-corrected chi connectivity index (χ2v) is 7.09. The van der Waals surface area contributed by atoms with Gasteiger partial charge in [0.1, 0.15) is 6.33 Å². The van der Waals surface area contributed by atoms with E-state index in [1.165, 1.54) is 6.33 Å². The van der Waals surface area contributed by atoms with Crippen LogP contribution in [0, 0.1) is 0 Å². The van der Waals surface area contributed by atoms with Gasteiger partial charge in [0.15, 0.2) is 5.16 Å². The number of hydrogen-bond acceptors (Lipinski definition) is 8. The normalized spacial score (nSPS) is 14.0. The lowest BCUT2D eigenvalue weighted by Gasteiger charge is -2.26. The minimum absolute atomic E-state index is 0.317. The van der Waals surface area contributed by atoms with E-state index in [2.05, 4.69) is 10.2 Å². The molecule has 0 saturated heterocycles. The third kappa shape index (κ3) is 5.21. The number of carbonyl (C=O) groups is 2. The molecule has 1 rings (SSSR count). The summed E-state index contributed by atoms with van der Waals surface area (Å²) in [5.74, 6) is -1.75. The Labute approximate surface area is 131 Å². The lowest BCUT2D eigenvalue weighted by Crippen LogP contribution is -2.37. The molecule has 0 aliphatic carbocycles. The van der Waals surface area contributed by atoms with E-state index in [0.29, 0.717) is 17.5 Å². The van der Waals surface area contributed by atoms with Gasteiger partial charge in [0, 0.05) is 26.3 Å². The van der Waals surface area contributed by atoms with Gasteiger partial charge in [-0.3, -0.25) is 4.79 Å². The molecular weight excluding hydrogens is 316 g/mol. The quantitative estimate of drug-likeness (QED) is 0.382. The van der Waals surface area contributed by atoms with Crippen molar-refractivity contribution in [1.82, 2.24) is 19.7 Å². The molecule has 1 radical (unpaired) electrons. The Morgan fingerprint density at radius 3 is 2.57 bits per heavy atom. The van der Waals surface area contributed by atoms with Crippen LogP contribution in [0.5, 0.6) is 0 Å². The van der Waals surface area contributed by atoms with Crippen molar-refractivity contribution in [3.63, 3.8) is 0 Å². The van der Waals surface area contributed by atoms with Crippen molar-refractivity contribution in [2.24, 2.45) is 7.05 Å². The molecular formula is C11H17N4O4S2. The number of nitrogens with zero attached hydrogens (tertiary/aromatic N) is 4. The van der Waals surface area contributed by atoms with Crippen molar-refractivity contribution in [2.45, 2.75) is 16.3 Å². The number of rotatable bonds is 8. The second-order valence-electron chi connectivity index (χ2n) is 4.42. The van der Waals surface area contributed by atoms with Crippen LogP contribution in [0.3, 0.4) is 0 Å². The fraction of sp³-hybridized carbons (Fsp3) is 0.636. The highest BCUT2D eigenvalue weighted by Crippen LogP contribution is 2.42. The molecule has 0 aliphatic heterocycles. The molecule has 0 N–H and O–H groups in total. The fourth-order valence-electron chi connectivity index (χ4n) is 1.26. The largest absolute Gasteiger partial charge is 0.426 e. The van der Waals surface area contributed by atoms with Crippen molar-refractivity contribution in [1.29, 1.82) is 0 Å². The van der Waals surface area contributed by atoms with E-state index in [9.17, 15) is 14.7 Å². The van der Waals surface area contributed by atoms with E-state index in [1.807, 2.05) is 19.0 Å². The van der Waals surface area contributed by atoms with Gasteiger partial charge >= 0.3 is 16.2 Å². The van der Waals surface area contributed by atoms with Crippen LogP contribution in [0.25, 0.3) is 0 Å². The zero-order chi connectivity index (χ0) is 16.0. The Morgan fingerprint density at radius 2 is 2.14 bits per heavy atom. The second kappa shape index (κ2) is 7.66. The van der Waals surface area contributed by atoms with Gasteiger partial charge in [0.2, 0.25) is 0 Å². The molecule has 0 spiro atoms. The van der Waals surface area contributed by atoms with Crippen molar-refractivity contribution in [3.05, 3.63) is 6.33 Å². The number of hydrogen-bond donors (Lipinski definition) is 0. The molecule has 1 aromatic rings. The Balaban J connectivity index is 2.97. The molecule has 0 aliphatic rings. The SMILES string of the molecule is CC(=O)OC(SCCN(C)C)(Sc1nncn1C)C([O])=O. The molecule has 0 saturated carbocycles. The van der Waals surface area contributed by atoms with Crippen molar-refractivity contribution >= 4 is 35.5 Å². The number of aromatic nitrogens is 3. The number of thioether (sulfide) groups is 2. The van der Waals surface area contributed by atoms with Crippen LogP contribution in [-0.4, -0.2) is 62.3 Å². The molecule has 0 bridgehead atoms. The van der Waals surface area contributed by atoms with E-state index in [4.69, 9.17) is 4.74 Å². The summed E-state index contributed by atoms with van der Waals surface area (Å²) >= 11 is 1.76. The highest BCUT2D eigenvalue weighted by atomic mass is 32.2. The Hall–Kier alpha value is -1.26. The topological polar surface area (TPSA) is 97.2 Å². The minimum Gasteiger partial charge on any atom is -0.426 e. The summed E-state index contributed by atoms with van der Waals surface area (Å²) in [5.41, 5.74) is 0. The average molecular weight is 333 g/mol. The van der Waals surface area contributed by atoms with Gasteiger partial charge in [0.05, 0.1) is 0 Å². The highest BCUT2D eigenvalue weighted by Gasteiger charge is 2.47. The molecule has 117 valence electrons. The Bertz CT molecular complexity index is 508. The summed E-state index contributed by atoms with van der Waals surface area (Å²) in [6, 6.07) is 0. The van der Waals surface area contributed by atoms with Crippen LogP contribution in [0.1, 0.15) is 6.92 Å². The van der Waals surface area contributed by atoms with Crippen LogP contribution in [0.15, 0.2) is 11.5 Å². The van der Waals surface area contributed by atoms with Gasteiger partial charge < -0.3 is 14.2 Å². The maximum atomic E-state index is 11.6. The third-order valence-electron chi connectivity index (χ3n) is 2.25. The first kappa shape index (κ1) is 17.8. The molecule has 0 amide bonds. The van der Waals surface area contributed by atoms with E-state index >= 15 is 0 Å². The van der Waals surface area contributed by atoms with Gasteiger partial charge in [-0.1, -0.05) is 11.8 Å². The third-order valence-corrected chi connectivity index (χ3v) is 4.95. The van der Waals surface area contributed by atoms with Crippen molar-refractivity contribution in [3.8, 4) is 0 Å². The van der Waals surface area contributed by atoms with Gasteiger partial charge in [-0.2, -0.15) is 0 Å². The Kier molecular flexibility index (Phi) is 6.49. The number of aryl methyl sites for hydroxylation is 1. The van der Waals surface area contributed by atoms with Crippen molar-refractivity contribution < 1.29 is 19.4 Å². The number of carbonyl (C=O) groups excluding carboxylic acids is 2. The predicted octanol–water partition coefficient (Wildman–Crippen LogP) is 0.376. The summed E-state index contributed by atoms with van der Waals surface area (Å²) in [6.45, 7) is 1.78. The first-order chi connectivity index (χ1) is 9.77. The van der Waals surface area contributed by atoms with Crippen LogP contribution in [-0.2, 0) is 26.5 Å². The van der Waals surface area contributed by atoms with Gasteiger partial charge in [0.25, 0.3) is 0 Å². The molecule has 1 atom stereocenters. The molecule has 21 heavy (non-hydrogen) atoms. The summed E-state index contributed by atoms with van der Waals surface area (Å²) in [5, 5.41) is 19.4. The first-order valence-corrected chi connectivity index (χ1v) is 7.80. The van der Waals surface area contributed by atoms with Crippen LogP contribution in [0.2, 0.25) is 0 Å². The maximum absolute atomic E-state index is 11.6. The number of esters is 1. The van der Waals surface area contributed by atoms with E-state index in [1.54, 1.807) is 11.6 Å². The minimum atomic E-state index is -1.89. The molecule has 1 aromatic heterocycles. The standard InChI is InChI=1S/C11H17N4O4S2/c1-8(16)19-11(9(17)18,20-6-5-14(2)3)21-10-13-12-7-15(10)4/h7H,5-6H2,1-4H3. The zero-order valence-electron chi connectivity index (χ0n) is 12.2. The monoisotopic (exact) mass is 333 g/mol. The highest BCUT2D eigenvalue weighted by molar-refractivity contribution is 8.19. The predicted molar refractivity (Wildman–Crippen MR) is 78.1 cm³/mol. The lowest BCUT2D eigenvalue weighted by atomic mass is 10.7. The van der Waals surface area contributed by atoms with E-state index < -0.39 is 16.2 Å². The summed E-state index contributed by atoms with van der Waals surface area (Å²) in [4.78, 5) is 24.7. The van der Waals surface area contributed by atoms with Gasteiger partial charge in [-0.25, -0.2) is 9.90 Å². The van der Waals surface area contributed by atoms with E-state index in [0.717, 1.165) is 30.4 Å². The summed E-state index contributed by atoms with van der Waals surface area (Å²) < 4.78 is 4.69. The zero-order valence-corrected chi connectivity index (χ0v) is 13.9. The average Bonchev–Trinajstić information content (AvgIpc) is 2.73. The lowest BCUT2D eigenvalue weighted by molar-refractivity contribution is -0.162. The van der Waals surface area contributed by atoms with Crippen molar-refractivity contribution in [2.75, 3.05) is 26.4 Å². The summed E-state index contributed by atoms with van der Waals surface area (Å²) in [6.07, 6.45) is 1.43. The maximum Gasteiger partial charge on any atom is 0.420 e. The molecule has 0 aromatic carbocycles. The fourth-order valence-corrected chi connectivity index (χ4v) is 3.75. The Morgan fingerprint density at radius 1 is 1.48 bits per heavy atom.